The zero-order valence-corrected chi connectivity index (χ0v) is 17.6. The second-order valence-corrected chi connectivity index (χ2v) is 8.41. The van der Waals surface area contributed by atoms with Gasteiger partial charge < -0.3 is 14.6 Å². The zero-order chi connectivity index (χ0) is 20.3. The first-order valence-electron chi connectivity index (χ1n) is 10.4. The lowest BCUT2D eigenvalue weighted by Gasteiger charge is -2.30. The van der Waals surface area contributed by atoms with E-state index >= 15 is 0 Å². The third kappa shape index (κ3) is 4.23. The maximum absolute atomic E-state index is 12.6. The minimum Gasteiger partial charge on any atom is -0.466 e. The molecule has 0 fully saturated rings. The van der Waals surface area contributed by atoms with Crippen molar-refractivity contribution in [2.45, 2.75) is 66.3 Å². The first-order valence-corrected chi connectivity index (χ1v) is 10.4. The molecular formula is C23H32N2O3. The van der Waals surface area contributed by atoms with Gasteiger partial charge in [0.1, 0.15) is 0 Å². The monoisotopic (exact) mass is 384 g/mol. The molecule has 1 aliphatic carbocycles. The molecule has 152 valence electrons. The third-order valence-electron chi connectivity index (χ3n) is 5.71. The Labute approximate surface area is 167 Å². The van der Waals surface area contributed by atoms with E-state index in [0.717, 1.165) is 19.4 Å². The second-order valence-electron chi connectivity index (χ2n) is 8.41. The van der Waals surface area contributed by atoms with Crippen molar-refractivity contribution < 1.29 is 14.3 Å². The van der Waals surface area contributed by atoms with Crippen molar-refractivity contribution in [1.29, 1.82) is 0 Å². The van der Waals surface area contributed by atoms with E-state index in [4.69, 9.17) is 4.74 Å². The summed E-state index contributed by atoms with van der Waals surface area (Å²) in [7, 11) is 0. The van der Waals surface area contributed by atoms with Crippen LogP contribution in [0, 0.1) is 5.41 Å². The highest BCUT2D eigenvalue weighted by Crippen LogP contribution is 2.40. The summed E-state index contributed by atoms with van der Waals surface area (Å²) in [5, 5.41) is 4.14. The third-order valence-corrected chi connectivity index (χ3v) is 5.71. The van der Waals surface area contributed by atoms with Crippen molar-refractivity contribution in [1.82, 2.24) is 9.88 Å². The molecule has 0 saturated carbocycles. The smallest absolute Gasteiger partial charge is 0.305 e. The van der Waals surface area contributed by atoms with Crippen molar-refractivity contribution in [3.63, 3.8) is 0 Å². The van der Waals surface area contributed by atoms with E-state index in [-0.39, 0.29) is 11.9 Å². The summed E-state index contributed by atoms with van der Waals surface area (Å²) >= 11 is 0. The highest BCUT2D eigenvalue weighted by atomic mass is 16.5. The van der Waals surface area contributed by atoms with Crippen LogP contribution in [-0.2, 0) is 28.9 Å². The Hall–Kier alpha value is -2.30. The van der Waals surface area contributed by atoms with Gasteiger partial charge in [-0.3, -0.25) is 9.59 Å². The number of aryl methyl sites for hydroxylation is 1. The lowest BCUT2D eigenvalue weighted by molar-refractivity contribution is -0.143. The maximum atomic E-state index is 12.6. The number of rotatable bonds is 7. The van der Waals surface area contributed by atoms with E-state index in [1.807, 2.05) is 12.1 Å². The van der Waals surface area contributed by atoms with Gasteiger partial charge in [-0.05, 0) is 68.7 Å². The molecule has 1 heterocycles. The Morgan fingerprint density at radius 3 is 2.75 bits per heavy atom. The van der Waals surface area contributed by atoms with Crippen LogP contribution in [-0.4, -0.2) is 29.6 Å². The van der Waals surface area contributed by atoms with Gasteiger partial charge in [0.25, 0.3) is 5.91 Å². The average molecular weight is 385 g/mol. The average Bonchev–Trinajstić information content (AvgIpc) is 2.96. The van der Waals surface area contributed by atoms with Gasteiger partial charge in [-0.2, -0.15) is 0 Å². The first kappa shape index (κ1) is 20.4. The molecule has 2 aromatic rings. The van der Waals surface area contributed by atoms with Gasteiger partial charge in [-0.15, -0.1) is 0 Å². The van der Waals surface area contributed by atoms with Crippen LogP contribution in [0.3, 0.4) is 0 Å². The minimum absolute atomic E-state index is 0.0844. The normalized spacial score (nSPS) is 15.3. The van der Waals surface area contributed by atoms with E-state index in [0.29, 0.717) is 37.0 Å². The molecule has 5 heteroatoms. The van der Waals surface area contributed by atoms with Gasteiger partial charge in [-0.1, -0.05) is 13.8 Å². The quantitative estimate of drug-likeness (QED) is 0.573. The molecule has 1 aromatic heterocycles. The van der Waals surface area contributed by atoms with Crippen molar-refractivity contribution in [2.75, 3.05) is 13.2 Å². The molecule has 0 spiro atoms. The maximum Gasteiger partial charge on any atom is 0.305 e. The Morgan fingerprint density at radius 1 is 1.25 bits per heavy atom. The van der Waals surface area contributed by atoms with Crippen LogP contribution >= 0.6 is 0 Å². The van der Waals surface area contributed by atoms with Crippen LogP contribution in [0.15, 0.2) is 18.2 Å². The fourth-order valence-electron chi connectivity index (χ4n) is 4.26. The molecule has 0 radical (unpaired) electrons. The fraction of sp³-hybridized carbons (Fsp3) is 0.565. The molecule has 1 amide bonds. The summed E-state index contributed by atoms with van der Waals surface area (Å²) in [4.78, 5) is 24.0. The number of fused-ring (bicyclic) bond motifs is 3. The summed E-state index contributed by atoms with van der Waals surface area (Å²) in [6.45, 7) is 10.4. The van der Waals surface area contributed by atoms with Crippen molar-refractivity contribution >= 4 is 22.8 Å². The summed E-state index contributed by atoms with van der Waals surface area (Å²) in [5.74, 6) is -0.299. The number of hydrogen-bond acceptors (Lipinski definition) is 3. The first-order chi connectivity index (χ1) is 13.4. The predicted octanol–water partition coefficient (Wildman–Crippen LogP) is 4.25. The molecule has 28 heavy (non-hydrogen) atoms. The SMILES string of the molecule is CCOC(=O)CCCNC(=O)c1ccc2c(c1)c1c(n2CC)CCC(C)(C)C1. The van der Waals surface area contributed by atoms with Crippen LogP contribution in [0.4, 0.5) is 0 Å². The number of carbonyl (C=O) groups is 2. The highest BCUT2D eigenvalue weighted by molar-refractivity contribution is 5.99. The van der Waals surface area contributed by atoms with Crippen LogP contribution in [0.5, 0.6) is 0 Å². The van der Waals surface area contributed by atoms with Crippen LogP contribution in [0.25, 0.3) is 10.9 Å². The van der Waals surface area contributed by atoms with Crippen molar-refractivity contribution in [3.05, 3.63) is 35.0 Å². The molecule has 0 bridgehead atoms. The Bertz CT molecular complexity index is 880. The number of nitrogens with zero attached hydrogens (tertiary/aromatic N) is 1. The lowest BCUT2D eigenvalue weighted by atomic mass is 9.76. The Morgan fingerprint density at radius 2 is 2.04 bits per heavy atom. The summed E-state index contributed by atoms with van der Waals surface area (Å²) in [6.07, 6.45) is 4.26. The highest BCUT2D eigenvalue weighted by Gasteiger charge is 2.30. The van der Waals surface area contributed by atoms with E-state index < -0.39 is 0 Å². The van der Waals surface area contributed by atoms with Crippen LogP contribution in [0.2, 0.25) is 0 Å². The van der Waals surface area contributed by atoms with Gasteiger partial charge in [0.2, 0.25) is 0 Å². The summed E-state index contributed by atoms with van der Waals surface area (Å²) in [5.41, 5.74) is 5.05. The molecular weight excluding hydrogens is 352 g/mol. The number of benzene rings is 1. The standard InChI is InChI=1S/C23H32N2O3/c1-5-25-19-10-9-16(22(27)24-13-7-8-21(26)28-6-2)14-17(19)18-15-23(3,4)12-11-20(18)25/h9-10,14H,5-8,11-13,15H2,1-4H3,(H,24,27). The Balaban J connectivity index is 1.76. The summed E-state index contributed by atoms with van der Waals surface area (Å²) in [6, 6.07) is 6.03. The molecule has 0 saturated heterocycles. The topological polar surface area (TPSA) is 60.3 Å². The molecule has 0 aliphatic heterocycles. The molecule has 1 aliphatic rings. The number of amides is 1. The van der Waals surface area contributed by atoms with Gasteiger partial charge in [0.05, 0.1) is 6.61 Å². The van der Waals surface area contributed by atoms with E-state index in [2.05, 4.69) is 36.7 Å². The van der Waals surface area contributed by atoms with E-state index in [1.54, 1.807) is 6.92 Å². The van der Waals surface area contributed by atoms with Gasteiger partial charge in [0.15, 0.2) is 0 Å². The molecule has 0 atom stereocenters. The zero-order valence-electron chi connectivity index (χ0n) is 17.6. The number of hydrogen-bond donors (Lipinski definition) is 1. The molecule has 1 aromatic carbocycles. The predicted molar refractivity (Wildman–Crippen MR) is 112 cm³/mol. The Kier molecular flexibility index (Phi) is 6.11. The van der Waals surface area contributed by atoms with E-state index in [9.17, 15) is 9.59 Å². The molecule has 3 rings (SSSR count). The molecule has 1 N–H and O–H groups in total. The van der Waals surface area contributed by atoms with Crippen molar-refractivity contribution in [3.8, 4) is 0 Å². The molecule has 5 nitrogen and oxygen atoms in total. The number of aromatic nitrogens is 1. The number of ether oxygens (including phenoxy) is 1. The van der Waals surface area contributed by atoms with Gasteiger partial charge in [0, 0.05) is 41.7 Å². The second kappa shape index (κ2) is 8.38. The largest absolute Gasteiger partial charge is 0.466 e. The van der Waals surface area contributed by atoms with E-state index in [1.165, 1.54) is 28.6 Å². The molecule has 0 unspecified atom stereocenters. The minimum atomic E-state index is -0.215. The number of carbonyl (C=O) groups excluding carboxylic acids is 2. The lowest BCUT2D eigenvalue weighted by Crippen LogP contribution is -2.25. The fourth-order valence-corrected chi connectivity index (χ4v) is 4.26. The summed E-state index contributed by atoms with van der Waals surface area (Å²) < 4.78 is 7.31. The van der Waals surface area contributed by atoms with Crippen molar-refractivity contribution in [2.24, 2.45) is 5.41 Å². The van der Waals surface area contributed by atoms with Gasteiger partial charge in [-0.25, -0.2) is 0 Å². The van der Waals surface area contributed by atoms with Gasteiger partial charge >= 0.3 is 5.97 Å². The number of esters is 1. The number of nitrogens with one attached hydrogen (secondary N) is 1. The van der Waals surface area contributed by atoms with Crippen LogP contribution < -0.4 is 5.32 Å². The van der Waals surface area contributed by atoms with Crippen LogP contribution in [0.1, 0.15) is 68.6 Å².